The van der Waals surface area contributed by atoms with Crippen LogP contribution < -0.4 is 15.0 Å². The van der Waals surface area contributed by atoms with Crippen molar-refractivity contribution in [2.45, 2.75) is 32.1 Å². The summed E-state index contributed by atoms with van der Waals surface area (Å²) < 4.78 is 5.30. The minimum absolute atomic E-state index is 0.0490. The van der Waals surface area contributed by atoms with Crippen LogP contribution in [-0.2, 0) is 11.2 Å². The van der Waals surface area contributed by atoms with E-state index in [9.17, 15) is 9.90 Å². The number of nitrogens with one attached hydrogen (secondary N) is 2. The Hall–Kier alpha value is -2.99. The molecule has 4 rings (SSSR count). The fraction of sp³-hybridized carbons (Fsp3) is 0.400. The highest BCUT2D eigenvalue weighted by Gasteiger charge is 2.19. The van der Waals surface area contributed by atoms with E-state index < -0.39 is 0 Å². The quantitative estimate of drug-likeness (QED) is 0.508. The third-order valence-electron chi connectivity index (χ3n) is 6.21. The second-order valence-electron chi connectivity index (χ2n) is 8.32. The van der Waals surface area contributed by atoms with Crippen LogP contribution in [0, 0.1) is 5.92 Å². The van der Waals surface area contributed by atoms with Crippen molar-refractivity contribution in [3.05, 3.63) is 54.2 Å². The zero-order valence-corrected chi connectivity index (χ0v) is 18.1. The molecule has 1 amide bonds. The average molecular weight is 422 g/mol. The van der Waals surface area contributed by atoms with E-state index >= 15 is 0 Å². The van der Waals surface area contributed by atoms with Gasteiger partial charge in [0.2, 0.25) is 5.91 Å². The highest BCUT2D eigenvalue weighted by molar-refractivity contribution is 5.98. The Morgan fingerprint density at radius 1 is 1.19 bits per heavy atom. The van der Waals surface area contributed by atoms with Gasteiger partial charge in [-0.2, -0.15) is 0 Å². The Morgan fingerprint density at radius 3 is 2.84 bits per heavy atom. The minimum atomic E-state index is 0.0490. The van der Waals surface area contributed by atoms with Crippen LogP contribution in [0.3, 0.4) is 0 Å². The maximum absolute atomic E-state index is 13.4. The number of aromatic nitrogens is 1. The molecule has 0 aliphatic carbocycles. The molecule has 6 nitrogen and oxygen atoms in total. The lowest BCUT2D eigenvalue weighted by molar-refractivity contribution is -0.118. The topological polar surface area (TPSA) is 77.6 Å². The number of benzene rings is 2. The van der Waals surface area contributed by atoms with Gasteiger partial charge in [0.05, 0.1) is 13.5 Å². The van der Waals surface area contributed by atoms with E-state index in [-0.39, 0.29) is 11.8 Å². The van der Waals surface area contributed by atoms with Gasteiger partial charge in [0.25, 0.3) is 0 Å². The number of fused-ring (bicyclic) bond motifs is 1. The van der Waals surface area contributed by atoms with Gasteiger partial charge in [0, 0.05) is 29.2 Å². The standard InChI is InChI=1S/C25H31N3O3/c1-31-22-6-2-4-19(14-22)15-24(29)28(13-3-5-18-9-11-26-12-10-18)21-8-7-20-17-27-25(30)23(20)16-21/h2,4,6-8,14,16-18,26-27,30H,3,5,9-13,15H2,1H3. The van der Waals surface area contributed by atoms with Crippen LogP contribution in [0.25, 0.3) is 10.8 Å². The summed E-state index contributed by atoms with van der Waals surface area (Å²) >= 11 is 0. The molecule has 0 saturated carbocycles. The Morgan fingerprint density at radius 2 is 2.03 bits per heavy atom. The zero-order valence-electron chi connectivity index (χ0n) is 18.1. The van der Waals surface area contributed by atoms with E-state index in [1.807, 2.05) is 47.4 Å². The molecule has 31 heavy (non-hydrogen) atoms. The van der Waals surface area contributed by atoms with E-state index in [0.717, 1.165) is 59.6 Å². The molecule has 0 atom stereocenters. The molecule has 1 aromatic heterocycles. The molecular formula is C25H31N3O3. The Balaban J connectivity index is 1.52. The molecule has 0 radical (unpaired) electrons. The number of H-pyrrole nitrogens is 1. The number of amides is 1. The number of carbonyl (C=O) groups excluding carboxylic acids is 1. The van der Waals surface area contributed by atoms with E-state index in [4.69, 9.17) is 4.74 Å². The highest BCUT2D eigenvalue weighted by atomic mass is 16.5. The number of rotatable bonds is 8. The average Bonchev–Trinajstić information content (AvgIpc) is 3.17. The highest BCUT2D eigenvalue weighted by Crippen LogP contribution is 2.29. The molecule has 1 aliphatic heterocycles. The molecule has 164 valence electrons. The molecule has 1 saturated heterocycles. The number of nitrogens with zero attached hydrogens (tertiary/aromatic N) is 1. The van der Waals surface area contributed by atoms with Crippen LogP contribution in [0.1, 0.15) is 31.2 Å². The molecule has 2 heterocycles. The number of methoxy groups -OCH3 is 1. The number of aromatic amines is 1. The van der Waals surface area contributed by atoms with E-state index in [1.165, 1.54) is 12.8 Å². The molecule has 0 unspecified atom stereocenters. The lowest BCUT2D eigenvalue weighted by Crippen LogP contribution is -2.34. The Labute approximate surface area is 183 Å². The normalized spacial score (nSPS) is 14.6. The summed E-state index contributed by atoms with van der Waals surface area (Å²) in [5.74, 6) is 1.66. The van der Waals surface area contributed by atoms with E-state index in [1.54, 1.807) is 13.3 Å². The second-order valence-corrected chi connectivity index (χ2v) is 8.32. The largest absolute Gasteiger partial charge is 0.497 e. The summed E-state index contributed by atoms with van der Waals surface area (Å²) in [4.78, 5) is 18.1. The van der Waals surface area contributed by atoms with Gasteiger partial charge in [0.15, 0.2) is 5.88 Å². The van der Waals surface area contributed by atoms with Gasteiger partial charge in [-0.25, -0.2) is 0 Å². The Kier molecular flexibility index (Phi) is 6.77. The predicted octanol–water partition coefficient (Wildman–Crippen LogP) is 4.24. The molecule has 3 aromatic rings. The molecular weight excluding hydrogens is 390 g/mol. The fourth-order valence-corrected chi connectivity index (χ4v) is 4.43. The number of piperidine rings is 1. The minimum Gasteiger partial charge on any atom is -0.497 e. The predicted molar refractivity (Wildman–Crippen MR) is 124 cm³/mol. The van der Waals surface area contributed by atoms with Crippen LogP contribution in [-0.4, -0.2) is 42.7 Å². The lowest BCUT2D eigenvalue weighted by atomic mass is 9.93. The SMILES string of the molecule is COc1cccc(CC(=O)N(CCCC2CCNCC2)c2ccc3c[nH]c(O)c3c2)c1. The third-order valence-corrected chi connectivity index (χ3v) is 6.21. The number of ether oxygens (including phenoxy) is 1. The number of anilines is 1. The van der Waals surface area contributed by atoms with Crippen molar-refractivity contribution >= 4 is 22.4 Å². The fourth-order valence-electron chi connectivity index (χ4n) is 4.43. The van der Waals surface area contributed by atoms with Crippen LogP contribution in [0.4, 0.5) is 5.69 Å². The van der Waals surface area contributed by atoms with Gasteiger partial charge in [-0.05, 0) is 74.5 Å². The van der Waals surface area contributed by atoms with Gasteiger partial charge in [-0.15, -0.1) is 0 Å². The van der Waals surface area contributed by atoms with Crippen molar-refractivity contribution in [1.29, 1.82) is 0 Å². The Bertz CT molecular complexity index is 1020. The van der Waals surface area contributed by atoms with Crippen LogP contribution >= 0.6 is 0 Å². The van der Waals surface area contributed by atoms with Crippen molar-refractivity contribution in [2.24, 2.45) is 5.92 Å². The van der Waals surface area contributed by atoms with Crippen LogP contribution in [0.15, 0.2) is 48.7 Å². The number of carbonyl (C=O) groups is 1. The number of aromatic hydroxyl groups is 1. The monoisotopic (exact) mass is 421 g/mol. The van der Waals surface area contributed by atoms with Crippen molar-refractivity contribution in [1.82, 2.24) is 10.3 Å². The third kappa shape index (κ3) is 5.20. The number of hydrogen-bond acceptors (Lipinski definition) is 4. The van der Waals surface area contributed by atoms with Crippen LogP contribution in [0.2, 0.25) is 0 Å². The first kappa shape index (κ1) is 21.2. The maximum atomic E-state index is 13.4. The van der Waals surface area contributed by atoms with Gasteiger partial charge < -0.3 is 25.0 Å². The summed E-state index contributed by atoms with van der Waals surface area (Å²) in [6.45, 7) is 2.85. The molecule has 6 heteroatoms. The van der Waals surface area contributed by atoms with Gasteiger partial charge in [-0.1, -0.05) is 18.2 Å². The summed E-state index contributed by atoms with van der Waals surface area (Å²) in [5.41, 5.74) is 1.75. The van der Waals surface area contributed by atoms with Gasteiger partial charge in [-0.3, -0.25) is 4.79 Å². The molecule has 1 aliphatic rings. The first-order valence-corrected chi connectivity index (χ1v) is 11.1. The zero-order chi connectivity index (χ0) is 21.6. The van der Waals surface area contributed by atoms with Crippen molar-refractivity contribution in [2.75, 3.05) is 31.6 Å². The van der Waals surface area contributed by atoms with Crippen molar-refractivity contribution in [3.8, 4) is 11.6 Å². The maximum Gasteiger partial charge on any atom is 0.231 e. The molecule has 0 spiro atoms. The lowest BCUT2D eigenvalue weighted by Gasteiger charge is -2.26. The van der Waals surface area contributed by atoms with Crippen LogP contribution in [0.5, 0.6) is 11.6 Å². The first-order valence-electron chi connectivity index (χ1n) is 11.1. The molecule has 0 bridgehead atoms. The van der Waals surface area contributed by atoms with Gasteiger partial charge >= 0.3 is 0 Å². The van der Waals surface area contributed by atoms with E-state index in [0.29, 0.717) is 13.0 Å². The van der Waals surface area contributed by atoms with Crippen molar-refractivity contribution in [3.63, 3.8) is 0 Å². The molecule has 1 fully saturated rings. The van der Waals surface area contributed by atoms with Crippen molar-refractivity contribution < 1.29 is 14.6 Å². The van der Waals surface area contributed by atoms with E-state index in [2.05, 4.69) is 10.3 Å². The second kappa shape index (κ2) is 9.88. The number of hydrogen-bond donors (Lipinski definition) is 3. The summed E-state index contributed by atoms with van der Waals surface area (Å²) in [5, 5.41) is 15.2. The molecule has 3 N–H and O–H groups in total. The first-order chi connectivity index (χ1) is 15.1. The summed E-state index contributed by atoms with van der Waals surface area (Å²) in [7, 11) is 1.63. The summed E-state index contributed by atoms with van der Waals surface area (Å²) in [6, 6.07) is 13.5. The van der Waals surface area contributed by atoms with Gasteiger partial charge in [0.1, 0.15) is 5.75 Å². The smallest absolute Gasteiger partial charge is 0.231 e. The molecule has 2 aromatic carbocycles. The summed E-state index contributed by atoms with van der Waals surface area (Å²) in [6.07, 6.45) is 6.59.